The highest BCUT2D eigenvalue weighted by atomic mass is 16.5. The second-order valence-corrected chi connectivity index (χ2v) is 14.5. The zero-order chi connectivity index (χ0) is 37.0. The summed E-state index contributed by atoms with van der Waals surface area (Å²) in [5, 5.41) is 3.95. The number of anilines is 5. The third-order valence-electron chi connectivity index (χ3n) is 10.8. The Morgan fingerprint density at radius 2 is 1.39 bits per heavy atom. The van der Waals surface area contributed by atoms with Crippen LogP contribution >= 0.6 is 0 Å². The molecular formula is C46H52N6O2. The van der Waals surface area contributed by atoms with Gasteiger partial charge in [0.15, 0.2) is 28.8 Å². The van der Waals surface area contributed by atoms with Gasteiger partial charge in [-0.05, 0) is 80.4 Å². The van der Waals surface area contributed by atoms with E-state index in [-0.39, 0.29) is 12.2 Å². The summed E-state index contributed by atoms with van der Waals surface area (Å²) < 4.78 is 13.5. The van der Waals surface area contributed by atoms with Crippen molar-refractivity contribution in [3.05, 3.63) is 115 Å². The van der Waals surface area contributed by atoms with Crippen molar-refractivity contribution in [1.29, 1.82) is 0 Å². The molecule has 8 nitrogen and oxygen atoms in total. The molecule has 2 atom stereocenters. The van der Waals surface area contributed by atoms with Gasteiger partial charge in [-0.1, -0.05) is 95.9 Å². The van der Waals surface area contributed by atoms with Crippen LogP contribution < -0.4 is 19.7 Å². The fourth-order valence-corrected chi connectivity index (χ4v) is 8.07. The molecule has 8 heteroatoms. The number of fused-ring (bicyclic) bond motifs is 4. The van der Waals surface area contributed by atoms with Crippen molar-refractivity contribution in [2.24, 2.45) is 0 Å². The standard InChI is InChI=1S/C46H52N6O2/c1-5-9-18-33-26-30-50(28-10-6-2)46(51(33)29-11-7-3)42-43-41(53-38-22-15-12-19-35(38)49-43)31-34(45-47-27-25-32(8-4)48-45)44(42)52-36-20-13-16-23-39(36)54-40-24-17-14-21-37(40)52/h12-17,19-27,30-31,33,46,49H,5-11,18,28-29H2,1-4H3. The first-order valence-electron chi connectivity index (χ1n) is 20.1. The lowest BCUT2D eigenvalue weighted by molar-refractivity contribution is 0.0317. The van der Waals surface area contributed by atoms with Crippen LogP contribution in [0.2, 0.25) is 0 Å². The summed E-state index contributed by atoms with van der Waals surface area (Å²) >= 11 is 0. The summed E-state index contributed by atoms with van der Waals surface area (Å²) in [5.41, 5.74) is 7.94. The molecule has 1 aromatic heterocycles. The van der Waals surface area contributed by atoms with E-state index in [9.17, 15) is 0 Å². The zero-order valence-electron chi connectivity index (χ0n) is 32.1. The number of hydrogen-bond donors (Lipinski definition) is 1. The van der Waals surface area contributed by atoms with Crippen molar-refractivity contribution in [3.63, 3.8) is 0 Å². The molecule has 54 heavy (non-hydrogen) atoms. The summed E-state index contributed by atoms with van der Waals surface area (Å²) in [6.07, 6.45) is 15.3. The summed E-state index contributed by atoms with van der Waals surface area (Å²) in [7, 11) is 0. The first-order chi connectivity index (χ1) is 26.6. The topological polar surface area (TPSA) is 66.0 Å². The minimum Gasteiger partial charge on any atom is -0.453 e. The molecule has 0 amide bonds. The van der Waals surface area contributed by atoms with Crippen LogP contribution in [-0.4, -0.2) is 38.9 Å². The number of aromatic nitrogens is 2. The molecule has 4 heterocycles. The molecule has 0 fully saturated rings. The molecule has 2 unspecified atom stereocenters. The first kappa shape index (κ1) is 35.7. The summed E-state index contributed by atoms with van der Waals surface area (Å²) in [6.45, 7) is 10.9. The normalized spacial score (nSPS) is 17.1. The van der Waals surface area contributed by atoms with Crippen molar-refractivity contribution in [3.8, 4) is 34.4 Å². The molecule has 0 saturated heterocycles. The van der Waals surface area contributed by atoms with E-state index in [0.29, 0.717) is 5.82 Å². The highest BCUT2D eigenvalue weighted by molar-refractivity contribution is 5.98. The Hall–Kier alpha value is -5.34. The van der Waals surface area contributed by atoms with E-state index in [1.54, 1.807) is 0 Å². The number of rotatable bonds is 13. The number of nitrogens with zero attached hydrogens (tertiary/aromatic N) is 5. The lowest BCUT2D eigenvalue weighted by atomic mass is 9.92. The Kier molecular flexibility index (Phi) is 10.5. The van der Waals surface area contributed by atoms with Gasteiger partial charge in [0.2, 0.25) is 0 Å². The third kappa shape index (κ3) is 6.68. The molecule has 0 saturated carbocycles. The van der Waals surface area contributed by atoms with Crippen LogP contribution in [0.15, 0.2) is 103 Å². The smallest absolute Gasteiger partial charge is 0.161 e. The van der Waals surface area contributed by atoms with Crippen molar-refractivity contribution in [2.45, 2.75) is 91.3 Å². The zero-order valence-corrected chi connectivity index (χ0v) is 32.1. The first-order valence-corrected chi connectivity index (χ1v) is 20.1. The van der Waals surface area contributed by atoms with Gasteiger partial charge in [-0.2, -0.15) is 0 Å². The van der Waals surface area contributed by atoms with E-state index in [2.05, 4.69) is 115 Å². The molecule has 278 valence electrons. The lowest BCUT2D eigenvalue weighted by Gasteiger charge is -2.49. The van der Waals surface area contributed by atoms with Gasteiger partial charge >= 0.3 is 0 Å². The molecule has 5 aromatic rings. The molecule has 1 N–H and O–H groups in total. The molecular weight excluding hydrogens is 669 g/mol. The van der Waals surface area contributed by atoms with Crippen molar-refractivity contribution in [2.75, 3.05) is 23.3 Å². The molecule has 3 aliphatic rings. The maximum atomic E-state index is 6.92. The number of benzene rings is 4. The van der Waals surface area contributed by atoms with E-state index in [1.807, 2.05) is 36.5 Å². The van der Waals surface area contributed by atoms with Gasteiger partial charge in [-0.25, -0.2) is 9.97 Å². The minimum absolute atomic E-state index is 0.114. The van der Waals surface area contributed by atoms with Crippen LogP contribution in [0.25, 0.3) is 11.4 Å². The number of ether oxygens (including phenoxy) is 2. The van der Waals surface area contributed by atoms with Gasteiger partial charge in [0, 0.05) is 42.1 Å². The number of aryl methyl sites for hydroxylation is 1. The van der Waals surface area contributed by atoms with Crippen molar-refractivity contribution < 1.29 is 9.47 Å². The fourth-order valence-electron chi connectivity index (χ4n) is 8.07. The molecule has 0 spiro atoms. The summed E-state index contributed by atoms with van der Waals surface area (Å²) in [4.78, 5) is 18.0. The van der Waals surface area contributed by atoms with Gasteiger partial charge < -0.3 is 24.6 Å². The van der Waals surface area contributed by atoms with Crippen molar-refractivity contribution in [1.82, 2.24) is 19.8 Å². The van der Waals surface area contributed by atoms with Crippen LogP contribution in [0.1, 0.15) is 90.1 Å². The van der Waals surface area contributed by atoms with Gasteiger partial charge in [0.05, 0.1) is 28.4 Å². The second kappa shape index (κ2) is 15.9. The lowest BCUT2D eigenvalue weighted by Crippen LogP contribution is -2.49. The molecule has 4 aromatic carbocycles. The predicted molar refractivity (Wildman–Crippen MR) is 220 cm³/mol. The Morgan fingerprint density at radius 3 is 2.11 bits per heavy atom. The molecule has 0 radical (unpaired) electrons. The number of nitrogens with one attached hydrogen (secondary N) is 1. The fraction of sp³-hybridized carbons (Fsp3) is 0.348. The van der Waals surface area contributed by atoms with Crippen LogP contribution in [0.5, 0.6) is 23.0 Å². The Labute approximate surface area is 320 Å². The van der Waals surface area contributed by atoms with Crippen LogP contribution in [0.3, 0.4) is 0 Å². The number of hydrogen-bond acceptors (Lipinski definition) is 8. The van der Waals surface area contributed by atoms with Crippen LogP contribution in [-0.2, 0) is 6.42 Å². The highest BCUT2D eigenvalue weighted by Gasteiger charge is 2.42. The summed E-state index contributed by atoms with van der Waals surface area (Å²) in [6, 6.07) is 29.4. The maximum absolute atomic E-state index is 6.92. The Morgan fingerprint density at radius 1 is 0.722 bits per heavy atom. The molecule has 0 aliphatic carbocycles. The van der Waals surface area contributed by atoms with E-state index in [4.69, 9.17) is 19.4 Å². The Bertz CT molecular complexity index is 2090. The van der Waals surface area contributed by atoms with Gasteiger partial charge in [-0.15, -0.1) is 0 Å². The van der Waals surface area contributed by atoms with E-state index >= 15 is 0 Å². The SMILES string of the molecule is CCCCC1C=CN(CCCC)C(c2c3c(cc(-c4nccc(CC)n4)c2N2c4ccccc4Oc4ccccc42)Oc2ccccc2N3)N1CCCC. The average Bonchev–Trinajstić information content (AvgIpc) is 3.22. The van der Waals surface area contributed by atoms with E-state index in [0.717, 1.165) is 126 Å². The van der Waals surface area contributed by atoms with Crippen molar-refractivity contribution >= 4 is 28.4 Å². The van der Waals surface area contributed by atoms with E-state index < -0.39 is 0 Å². The van der Waals surface area contributed by atoms with E-state index in [1.165, 1.54) is 6.42 Å². The largest absolute Gasteiger partial charge is 0.453 e. The third-order valence-corrected chi connectivity index (χ3v) is 10.8. The number of para-hydroxylation sites is 6. The minimum atomic E-state index is -0.114. The molecule has 3 aliphatic heterocycles. The van der Waals surface area contributed by atoms with Gasteiger partial charge in [0.25, 0.3) is 0 Å². The quantitative estimate of drug-likeness (QED) is 0.126. The summed E-state index contributed by atoms with van der Waals surface area (Å²) in [5.74, 6) is 3.85. The molecule has 0 bridgehead atoms. The number of unbranched alkanes of at least 4 members (excludes halogenated alkanes) is 3. The van der Waals surface area contributed by atoms with Crippen LogP contribution in [0.4, 0.5) is 28.4 Å². The Balaban J connectivity index is 1.50. The maximum Gasteiger partial charge on any atom is 0.161 e. The predicted octanol–water partition coefficient (Wildman–Crippen LogP) is 12.4. The second-order valence-electron chi connectivity index (χ2n) is 14.5. The van der Waals surface area contributed by atoms with Gasteiger partial charge in [-0.3, -0.25) is 4.90 Å². The van der Waals surface area contributed by atoms with Crippen LogP contribution in [0, 0.1) is 0 Å². The highest BCUT2D eigenvalue weighted by Crippen LogP contribution is 2.59. The molecule has 8 rings (SSSR count). The van der Waals surface area contributed by atoms with Gasteiger partial charge in [0.1, 0.15) is 6.17 Å². The average molecular weight is 721 g/mol. The monoisotopic (exact) mass is 720 g/mol.